The van der Waals surface area contributed by atoms with E-state index in [2.05, 4.69) is 5.32 Å². The van der Waals surface area contributed by atoms with Gasteiger partial charge >= 0.3 is 12.1 Å². The second-order valence-electron chi connectivity index (χ2n) is 8.85. The molecule has 0 aromatic heterocycles. The standard InChI is InChI=1S/C28H29ClN2O4/c1-28(2,3)35-27(33)31-24(21-15-17-22(29)18-16-21)25(26(32)34-4)30-23(19-11-7-5-8-12-19)20-13-9-6-10-14-20/h5-18,24-25H,1-4H3,(H,31,33)/t24-,25+/m0/s1. The lowest BCUT2D eigenvalue weighted by Gasteiger charge is -2.27. The largest absolute Gasteiger partial charge is 0.467 e. The number of benzene rings is 3. The van der Waals surface area contributed by atoms with Gasteiger partial charge in [-0.1, -0.05) is 84.4 Å². The van der Waals surface area contributed by atoms with Crippen molar-refractivity contribution in [1.29, 1.82) is 0 Å². The highest BCUT2D eigenvalue weighted by Gasteiger charge is 2.34. The number of nitrogens with one attached hydrogen (secondary N) is 1. The molecule has 3 rings (SSSR count). The first-order chi connectivity index (χ1) is 16.7. The summed E-state index contributed by atoms with van der Waals surface area (Å²) in [4.78, 5) is 30.8. The third-order valence-electron chi connectivity index (χ3n) is 5.02. The number of methoxy groups -OCH3 is 1. The molecule has 3 aromatic rings. The van der Waals surface area contributed by atoms with Crippen LogP contribution in [-0.2, 0) is 14.3 Å². The van der Waals surface area contributed by atoms with E-state index in [-0.39, 0.29) is 0 Å². The number of rotatable bonds is 7. The van der Waals surface area contributed by atoms with Gasteiger partial charge < -0.3 is 14.8 Å². The Morgan fingerprint density at radius 2 is 1.37 bits per heavy atom. The molecule has 0 saturated carbocycles. The van der Waals surface area contributed by atoms with Gasteiger partial charge in [-0.3, -0.25) is 4.99 Å². The van der Waals surface area contributed by atoms with Crippen molar-refractivity contribution in [3.05, 3.63) is 107 Å². The molecular weight excluding hydrogens is 464 g/mol. The molecule has 182 valence electrons. The number of nitrogens with zero attached hydrogens (tertiary/aromatic N) is 1. The van der Waals surface area contributed by atoms with E-state index < -0.39 is 29.7 Å². The number of carbonyl (C=O) groups is 2. The number of amides is 1. The molecule has 0 fully saturated rings. The molecule has 0 aliphatic carbocycles. The normalized spacial score (nSPS) is 12.7. The van der Waals surface area contributed by atoms with Gasteiger partial charge in [-0.15, -0.1) is 0 Å². The van der Waals surface area contributed by atoms with Crippen molar-refractivity contribution in [1.82, 2.24) is 5.32 Å². The highest BCUT2D eigenvalue weighted by Crippen LogP contribution is 2.25. The summed E-state index contributed by atoms with van der Waals surface area (Å²) in [6.45, 7) is 5.30. The molecule has 7 heteroatoms. The van der Waals surface area contributed by atoms with E-state index in [0.717, 1.165) is 11.1 Å². The Labute approximate surface area is 210 Å². The van der Waals surface area contributed by atoms with Crippen molar-refractivity contribution in [2.75, 3.05) is 7.11 Å². The first-order valence-electron chi connectivity index (χ1n) is 11.2. The molecule has 1 amide bonds. The fourth-order valence-corrected chi connectivity index (χ4v) is 3.61. The summed E-state index contributed by atoms with van der Waals surface area (Å²) < 4.78 is 10.6. The van der Waals surface area contributed by atoms with E-state index in [4.69, 9.17) is 26.1 Å². The number of ether oxygens (including phenoxy) is 2. The number of carbonyl (C=O) groups excluding carboxylic acids is 2. The zero-order valence-corrected chi connectivity index (χ0v) is 21.0. The van der Waals surface area contributed by atoms with Gasteiger partial charge in [-0.05, 0) is 38.5 Å². The lowest BCUT2D eigenvalue weighted by molar-refractivity contribution is -0.142. The number of aliphatic imine (C=N–C) groups is 1. The molecule has 0 bridgehead atoms. The SMILES string of the molecule is COC(=O)[C@H](N=C(c1ccccc1)c1ccccc1)[C@@H](NC(=O)OC(C)(C)C)c1ccc(Cl)cc1. The third-order valence-corrected chi connectivity index (χ3v) is 5.27. The van der Waals surface area contributed by atoms with E-state index in [1.54, 1.807) is 45.0 Å². The van der Waals surface area contributed by atoms with Crippen LogP contribution in [0.2, 0.25) is 5.02 Å². The monoisotopic (exact) mass is 492 g/mol. The van der Waals surface area contributed by atoms with Gasteiger partial charge in [0.25, 0.3) is 0 Å². The minimum Gasteiger partial charge on any atom is -0.467 e. The molecule has 6 nitrogen and oxygen atoms in total. The summed E-state index contributed by atoms with van der Waals surface area (Å²) >= 11 is 6.09. The van der Waals surface area contributed by atoms with E-state index >= 15 is 0 Å². The Morgan fingerprint density at radius 1 is 0.857 bits per heavy atom. The molecule has 0 heterocycles. The Hall–Kier alpha value is -3.64. The Balaban J connectivity index is 2.15. The average molecular weight is 493 g/mol. The van der Waals surface area contributed by atoms with Crippen molar-refractivity contribution < 1.29 is 19.1 Å². The van der Waals surface area contributed by atoms with Crippen LogP contribution in [0.15, 0.2) is 89.9 Å². The smallest absolute Gasteiger partial charge is 0.408 e. The number of esters is 1. The quantitative estimate of drug-likeness (QED) is 0.325. The first kappa shape index (κ1) is 26.0. The molecule has 2 atom stereocenters. The zero-order chi connectivity index (χ0) is 25.4. The summed E-state index contributed by atoms with van der Waals surface area (Å²) in [6, 6.07) is 23.9. The minimum atomic E-state index is -1.11. The van der Waals surface area contributed by atoms with Crippen molar-refractivity contribution in [2.24, 2.45) is 4.99 Å². The number of hydrogen-bond acceptors (Lipinski definition) is 5. The highest BCUT2D eigenvalue weighted by molar-refractivity contribution is 6.30. The fourth-order valence-electron chi connectivity index (χ4n) is 3.48. The summed E-state index contributed by atoms with van der Waals surface area (Å²) in [5, 5.41) is 3.35. The van der Waals surface area contributed by atoms with Gasteiger partial charge in [0.15, 0.2) is 6.04 Å². The van der Waals surface area contributed by atoms with Gasteiger partial charge in [0.2, 0.25) is 0 Å². The van der Waals surface area contributed by atoms with Crippen molar-refractivity contribution in [3.8, 4) is 0 Å². The Morgan fingerprint density at radius 3 is 1.83 bits per heavy atom. The maximum atomic E-state index is 13.1. The van der Waals surface area contributed by atoms with Crippen LogP contribution in [0.1, 0.15) is 43.5 Å². The third kappa shape index (κ3) is 7.42. The zero-order valence-electron chi connectivity index (χ0n) is 20.2. The van der Waals surface area contributed by atoms with Crippen molar-refractivity contribution in [3.63, 3.8) is 0 Å². The molecule has 0 aliphatic heterocycles. The van der Waals surface area contributed by atoms with Gasteiger partial charge in [-0.2, -0.15) is 0 Å². The van der Waals surface area contributed by atoms with Crippen LogP contribution in [0.25, 0.3) is 0 Å². The van der Waals surface area contributed by atoms with E-state index in [1.807, 2.05) is 60.7 Å². The van der Waals surface area contributed by atoms with Crippen LogP contribution >= 0.6 is 11.6 Å². The molecule has 0 spiro atoms. The molecule has 0 saturated heterocycles. The van der Waals surface area contributed by atoms with Crippen molar-refractivity contribution in [2.45, 2.75) is 38.5 Å². The van der Waals surface area contributed by atoms with Crippen LogP contribution in [0, 0.1) is 0 Å². The van der Waals surface area contributed by atoms with Crippen LogP contribution < -0.4 is 5.32 Å². The molecule has 1 N–H and O–H groups in total. The summed E-state index contributed by atoms with van der Waals surface area (Å²) in [5.74, 6) is -0.606. The Kier molecular flexibility index (Phi) is 8.66. The van der Waals surface area contributed by atoms with Gasteiger partial charge in [-0.25, -0.2) is 9.59 Å². The molecule has 35 heavy (non-hydrogen) atoms. The second kappa shape index (κ2) is 11.7. The predicted octanol–water partition coefficient (Wildman–Crippen LogP) is 5.99. The minimum absolute atomic E-state index is 0.525. The molecule has 0 aliphatic rings. The van der Waals surface area contributed by atoms with Gasteiger partial charge in [0.1, 0.15) is 5.60 Å². The number of alkyl carbamates (subject to hydrolysis) is 1. The van der Waals surface area contributed by atoms with Crippen molar-refractivity contribution >= 4 is 29.4 Å². The lowest BCUT2D eigenvalue weighted by Crippen LogP contribution is -2.42. The molecule has 0 radical (unpaired) electrons. The Bertz CT molecular complexity index is 1120. The van der Waals surface area contributed by atoms with E-state index in [1.165, 1.54) is 7.11 Å². The molecule has 0 unspecified atom stereocenters. The van der Waals surface area contributed by atoms with Crippen LogP contribution in [0.3, 0.4) is 0 Å². The molecular formula is C28H29ClN2O4. The maximum absolute atomic E-state index is 13.1. The van der Waals surface area contributed by atoms with Crippen LogP contribution in [0.4, 0.5) is 4.79 Å². The summed E-state index contributed by atoms with van der Waals surface area (Å²) in [7, 11) is 1.29. The maximum Gasteiger partial charge on any atom is 0.408 e. The van der Waals surface area contributed by atoms with Gasteiger partial charge in [0.05, 0.1) is 18.9 Å². The second-order valence-corrected chi connectivity index (χ2v) is 9.29. The highest BCUT2D eigenvalue weighted by atomic mass is 35.5. The number of halogens is 1. The first-order valence-corrected chi connectivity index (χ1v) is 11.6. The van der Waals surface area contributed by atoms with Crippen LogP contribution in [-0.4, -0.2) is 36.5 Å². The number of hydrogen-bond donors (Lipinski definition) is 1. The summed E-state index contributed by atoms with van der Waals surface area (Å²) in [5.41, 5.74) is 2.13. The average Bonchev–Trinajstić information content (AvgIpc) is 2.84. The fraction of sp³-hybridized carbons (Fsp3) is 0.250. The van der Waals surface area contributed by atoms with E-state index in [0.29, 0.717) is 16.3 Å². The summed E-state index contributed by atoms with van der Waals surface area (Å²) in [6.07, 6.45) is -0.678. The predicted molar refractivity (Wildman–Crippen MR) is 138 cm³/mol. The lowest BCUT2D eigenvalue weighted by atomic mass is 9.97. The van der Waals surface area contributed by atoms with Gasteiger partial charge in [0, 0.05) is 16.1 Å². The topological polar surface area (TPSA) is 77.0 Å². The molecule has 3 aromatic carbocycles. The van der Waals surface area contributed by atoms with E-state index in [9.17, 15) is 9.59 Å². The van der Waals surface area contributed by atoms with Crippen LogP contribution in [0.5, 0.6) is 0 Å².